The lowest BCUT2D eigenvalue weighted by Gasteiger charge is -2.22. The summed E-state index contributed by atoms with van der Waals surface area (Å²) in [6, 6.07) is 3.78. The SMILES string of the molecule is Cc1cc(-n2c(C)cc(C(=O)NCC3CCCNC3)c2C)no1.Cl. The van der Waals surface area contributed by atoms with E-state index in [9.17, 15) is 4.79 Å². The molecule has 0 bridgehead atoms. The van der Waals surface area contributed by atoms with Crippen molar-refractivity contribution in [3.63, 3.8) is 0 Å². The van der Waals surface area contributed by atoms with Crippen molar-refractivity contribution in [3.05, 3.63) is 34.8 Å². The van der Waals surface area contributed by atoms with Gasteiger partial charge in [-0.15, -0.1) is 12.4 Å². The van der Waals surface area contributed by atoms with E-state index in [0.717, 1.165) is 36.8 Å². The summed E-state index contributed by atoms with van der Waals surface area (Å²) in [5.74, 6) is 1.97. The first-order valence-electron chi connectivity index (χ1n) is 8.18. The number of hydrogen-bond acceptors (Lipinski definition) is 4. The van der Waals surface area contributed by atoms with E-state index in [2.05, 4.69) is 15.8 Å². The Morgan fingerprint density at radius 1 is 1.42 bits per heavy atom. The Labute approximate surface area is 148 Å². The van der Waals surface area contributed by atoms with Gasteiger partial charge >= 0.3 is 0 Å². The third-order valence-corrected chi connectivity index (χ3v) is 4.47. The Morgan fingerprint density at radius 2 is 2.21 bits per heavy atom. The largest absolute Gasteiger partial charge is 0.360 e. The van der Waals surface area contributed by atoms with Crippen LogP contribution in [0.3, 0.4) is 0 Å². The van der Waals surface area contributed by atoms with E-state index in [1.807, 2.05) is 37.5 Å². The van der Waals surface area contributed by atoms with E-state index in [1.54, 1.807) is 0 Å². The van der Waals surface area contributed by atoms with Crippen LogP contribution in [0.1, 0.15) is 40.3 Å². The molecule has 1 atom stereocenters. The summed E-state index contributed by atoms with van der Waals surface area (Å²) in [4.78, 5) is 12.5. The molecule has 7 heteroatoms. The van der Waals surface area contributed by atoms with Gasteiger partial charge < -0.3 is 15.2 Å². The zero-order valence-corrected chi connectivity index (χ0v) is 15.2. The van der Waals surface area contributed by atoms with Crippen LogP contribution < -0.4 is 10.6 Å². The number of hydrogen-bond donors (Lipinski definition) is 2. The number of amides is 1. The van der Waals surface area contributed by atoms with Crippen LogP contribution in [-0.2, 0) is 0 Å². The molecule has 2 aromatic rings. The van der Waals surface area contributed by atoms with E-state index in [0.29, 0.717) is 17.3 Å². The molecule has 24 heavy (non-hydrogen) atoms. The van der Waals surface area contributed by atoms with Gasteiger partial charge in [0.15, 0.2) is 5.82 Å². The van der Waals surface area contributed by atoms with E-state index in [4.69, 9.17) is 4.52 Å². The molecule has 0 aliphatic carbocycles. The highest BCUT2D eigenvalue weighted by Crippen LogP contribution is 2.20. The molecule has 0 spiro atoms. The predicted octanol–water partition coefficient (Wildman–Crippen LogP) is 2.54. The lowest BCUT2D eigenvalue weighted by Crippen LogP contribution is -2.38. The van der Waals surface area contributed by atoms with Crippen LogP contribution in [0, 0.1) is 26.7 Å². The molecule has 6 nitrogen and oxygen atoms in total. The summed E-state index contributed by atoms with van der Waals surface area (Å²) in [6.07, 6.45) is 2.35. The fourth-order valence-corrected chi connectivity index (χ4v) is 3.23. The number of piperidine rings is 1. The Bertz CT molecular complexity index is 702. The van der Waals surface area contributed by atoms with Gasteiger partial charge in [0.1, 0.15) is 5.76 Å². The maximum absolute atomic E-state index is 12.5. The Morgan fingerprint density at radius 3 is 2.83 bits per heavy atom. The molecule has 3 heterocycles. The second-order valence-corrected chi connectivity index (χ2v) is 6.34. The number of carbonyl (C=O) groups is 1. The molecule has 1 fully saturated rings. The minimum absolute atomic E-state index is 0. The van der Waals surface area contributed by atoms with Crippen molar-refractivity contribution in [2.45, 2.75) is 33.6 Å². The average molecular weight is 353 g/mol. The van der Waals surface area contributed by atoms with Crippen LogP contribution in [0.25, 0.3) is 5.82 Å². The fourth-order valence-electron chi connectivity index (χ4n) is 3.23. The van der Waals surface area contributed by atoms with Crippen molar-refractivity contribution in [2.24, 2.45) is 5.92 Å². The van der Waals surface area contributed by atoms with E-state index in [-0.39, 0.29) is 18.3 Å². The molecule has 1 saturated heterocycles. The Hall–Kier alpha value is -1.79. The summed E-state index contributed by atoms with van der Waals surface area (Å²) in [7, 11) is 0. The molecule has 3 rings (SSSR count). The summed E-state index contributed by atoms with van der Waals surface area (Å²) >= 11 is 0. The quantitative estimate of drug-likeness (QED) is 0.887. The van der Waals surface area contributed by atoms with Gasteiger partial charge in [-0.3, -0.25) is 9.36 Å². The van der Waals surface area contributed by atoms with Gasteiger partial charge in [0.05, 0.1) is 5.56 Å². The summed E-state index contributed by atoms with van der Waals surface area (Å²) in [5, 5.41) is 10.5. The second kappa shape index (κ2) is 7.85. The summed E-state index contributed by atoms with van der Waals surface area (Å²) in [6.45, 7) is 8.56. The number of aryl methyl sites for hydroxylation is 2. The summed E-state index contributed by atoms with van der Waals surface area (Å²) in [5.41, 5.74) is 2.56. The molecular weight excluding hydrogens is 328 g/mol. The number of rotatable bonds is 4. The second-order valence-electron chi connectivity index (χ2n) is 6.34. The van der Waals surface area contributed by atoms with E-state index < -0.39 is 0 Å². The van der Waals surface area contributed by atoms with Crippen molar-refractivity contribution in [2.75, 3.05) is 19.6 Å². The smallest absolute Gasteiger partial charge is 0.253 e. The minimum Gasteiger partial charge on any atom is -0.360 e. The Kier molecular flexibility index (Phi) is 6.07. The van der Waals surface area contributed by atoms with Crippen molar-refractivity contribution in [3.8, 4) is 5.82 Å². The number of nitrogens with zero attached hydrogens (tertiary/aromatic N) is 2. The molecule has 0 radical (unpaired) electrons. The lowest BCUT2D eigenvalue weighted by molar-refractivity contribution is 0.0944. The van der Waals surface area contributed by atoms with Gasteiger partial charge in [0.25, 0.3) is 5.91 Å². The van der Waals surface area contributed by atoms with Crippen LogP contribution in [0.4, 0.5) is 0 Å². The van der Waals surface area contributed by atoms with Gasteiger partial charge in [0.2, 0.25) is 0 Å². The average Bonchev–Trinajstić information content (AvgIpc) is 3.09. The van der Waals surface area contributed by atoms with Gasteiger partial charge in [-0.25, -0.2) is 0 Å². The highest BCUT2D eigenvalue weighted by atomic mass is 35.5. The van der Waals surface area contributed by atoms with Crippen LogP contribution in [0.5, 0.6) is 0 Å². The fraction of sp³-hybridized carbons (Fsp3) is 0.529. The maximum atomic E-state index is 12.5. The first-order valence-corrected chi connectivity index (χ1v) is 8.18. The maximum Gasteiger partial charge on any atom is 0.253 e. The first kappa shape index (κ1) is 18.5. The molecule has 132 valence electrons. The third kappa shape index (κ3) is 3.82. The molecule has 1 aliphatic rings. The molecule has 1 unspecified atom stereocenters. The molecule has 2 N–H and O–H groups in total. The molecule has 1 amide bonds. The topological polar surface area (TPSA) is 72.1 Å². The molecule has 0 saturated carbocycles. The lowest BCUT2D eigenvalue weighted by atomic mass is 10.00. The first-order chi connectivity index (χ1) is 11.1. The van der Waals surface area contributed by atoms with Gasteiger partial charge in [0, 0.05) is 24.0 Å². The molecule has 0 aromatic carbocycles. The van der Waals surface area contributed by atoms with Crippen LogP contribution in [-0.4, -0.2) is 35.3 Å². The van der Waals surface area contributed by atoms with E-state index >= 15 is 0 Å². The van der Waals surface area contributed by atoms with Gasteiger partial charge in [-0.05, 0) is 58.7 Å². The standard InChI is InChI=1S/C17H24N4O2.ClH/c1-11-7-15(13(3)21(11)16-8-12(2)23-20-16)17(22)19-10-14-5-4-6-18-9-14;/h7-8,14,18H,4-6,9-10H2,1-3H3,(H,19,22);1H. The van der Waals surface area contributed by atoms with Gasteiger partial charge in [-0.1, -0.05) is 5.16 Å². The number of aromatic nitrogens is 2. The zero-order chi connectivity index (χ0) is 16.4. The predicted molar refractivity (Wildman–Crippen MR) is 95.2 cm³/mol. The third-order valence-electron chi connectivity index (χ3n) is 4.47. The van der Waals surface area contributed by atoms with E-state index in [1.165, 1.54) is 12.8 Å². The monoisotopic (exact) mass is 352 g/mol. The van der Waals surface area contributed by atoms with Crippen LogP contribution in [0.2, 0.25) is 0 Å². The number of carbonyl (C=O) groups excluding carboxylic acids is 1. The van der Waals surface area contributed by atoms with Crippen molar-refractivity contribution in [1.29, 1.82) is 0 Å². The highest BCUT2D eigenvalue weighted by Gasteiger charge is 2.20. The van der Waals surface area contributed by atoms with Crippen LogP contribution in [0.15, 0.2) is 16.7 Å². The Balaban J connectivity index is 0.00000208. The number of halogens is 1. The molecule has 2 aromatic heterocycles. The zero-order valence-electron chi connectivity index (χ0n) is 14.4. The highest BCUT2D eigenvalue weighted by molar-refractivity contribution is 5.95. The van der Waals surface area contributed by atoms with Crippen molar-refractivity contribution >= 4 is 18.3 Å². The normalized spacial score (nSPS) is 17.4. The van der Waals surface area contributed by atoms with Crippen molar-refractivity contribution in [1.82, 2.24) is 20.4 Å². The minimum atomic E-state index is -0.0184. The summed E-state index contributed by atoms with van der Waals surface area (Å²) < 4.78 is 7.10. The molecule has 1 aliphatic heterocycles. The number of nitrogens with one attached hydrogen (secondary N) is 2. The molecular formula is C17H25ClN4O2. The van der Waals surface area contributed by atoms with Crippen LogP contribution >= 0.6 is 12.4 Å². The van der Waals surface area contributed by atoms with Crippen molar-refractivity contribution < 1.29 is 9.32 Å². The van der Waals surface area contributed by atoms with Gasteiger partial charge in [-0.2, -0.15) is 0 Å².